The van der Waals surface area contributed by atoms with E-state index in [-0.39, 0.29) is 12.5 Å². The number of amides is 1. The molecule has 7 nitrogen and oxygen atoms in total. The molecule has 8 heteroatoms. The number of aromatic nitrogens is 4. The molecule has 0 saturated carbocycles. The van der Waals surface area contributed by atoms with Crippen LogP contribution in [0.4, 0.5) is 5.69 Å². The second-order valence-electron chi connectivity index (χ2n) is 4.86. The van der Waals surface area contributed by atoms with Crippen molar-refractivity contribution in [2.45, 2.75) is 6.54 Å². The second-order valence-corrected chi connectivity index (χ2v) is 5.27. The zero-order valence-electron chi connectivity index (χ0n) is 12.3. The molecule has 1 N–H and O–H groups in total. The van der Waals surface area contributed by atoms with Crippen LogP contribution in [0.5, 0.6) is 0 Å². The summed E-state index contributed by atoms with van der Waals surface area (Å²) in [6.07, 6.45) is 0. The molecule has 24 heavy (non-hydrogen) atoms. The zero-order chi connectivity index (χ0) is 16.9. The predicted octanol–water partition coefficient (Wildman–Crippen LogP) is 2.50. The van der Waals surface area contributed by atoms with Gasteiger partial charge in [-0.3, -0.25) is 4.79 Å². The molecule has 2 aromatic carbocycles. The first kappa shape index (κ1) is 15.6. The average Bonchev–Trinajstić information content (AvgIpc) is 3.04. The van der Waals surface area contributed by atoms with Crippen LogP contribution >= 0.6 is 11.6 Å². The number of hydrogen-bond donors (Lipinski definition) is 1. The van der Waals surface area contributed by atoms with E-state index in [1.807, 2.05) is 12.1 Å². The highest BCUT2D eigenvalue weighted by atomic mass is 35.5. The van der Waals surface area contributed by atoms with Crippen molar-refractivity contribution >= 4 is 23.2 Å². The van der Waals surface area contributed by atoms with E-state index in [0.717, 1.165) is 0 Å². The number of nitrogens with one attached hydrogen (secondary N) is 1. The standard InChI is InChI=1S/C16H11ClN6O/c17-14-4-2-1-3-13(14)16-20-22-23(21-16)10-15(24)19-12-7-5-11(9-18)6-8-12/h1-8H,10H2,(H,19,24). The fraction of sp³-hybridized carbons (Fsp3) is 0.0625. The highest BCUT2D eigenvalue weighted by Crippen LogP contribution is 2.23. The monoisotopic (exact) mass is 338 g/mol. The van der Waals surface area contributed by atoms with Crippen molar-refractivity contribution in [2.75, 3.05) is 5.32 Å². The van der Waals surface area contributed by atoms with Gasteiger partial charge in [-0.25, -0.2) is 0 Å². The molecule has 0 aliphatic carbocycles. The maximum Gasteiger partial charge on any atom is 0.248 e. The number of nitriles is 1. The molecular weight excluding hydrogens is 328 g/mol. The Hall–Kier alpha value is -3.24. The lowest BCUT2D eigenvalue weighted by atomic mass is 10.2. The molecule has 0 bridgehead atoms. The molecule has 1 amide bonds. The lowest BCUT2D eigenvalue weighted by molar-refractivity contribution is -0.117. The highest BCUT2D eigenvalue weighted by Gasteiger charge is 2.11. The summed E-state index contributed by atoms with van der Waals surface area (Å²) in [6.45, 7) is -0.0859. The molecular formula is C16H11ClN6O. The third-order valence-corrected chi connectivity index (χ3v) is 3.48. The van der Waals surface area contributed by atoms with Crippen LogP contribution in [0.15, 0.2) is 48.5 Å². The number of tetrazole rings is 1. The Kier molecular flexibility index (Phi) is 4.50. The summed E-state index contributed by atoms with van der Waals surface area (Å²) in [5, 5.41) is 23.9. The topological polar surface area (TPSA) is 96.5 Å². The Morgan fingerprint density at radius 3 is 2.67 bits per heavy atom. The van der Waals surface area contributed by atoms with E-state index in [2.05, 4.69) is 20.7 Å². The van der Waals surface area contributed by atoms with Crippen molar-refractivity contribution in [1.29, 1.82) is 5.26 Å². The largest absolute Gasteiger partial charge is 0.324 e. The van der Waals surface area contributed by atoms with Crippen LogP contribution in [0, 0.1) is 11.3 Å². The Morgan fingerprint density at radius 1 is 1.21 bits per heavy atom. The Balaban J connectivity index is 1.67. The lowest BCUT2D eigenvalue weighted by Gasteiger charge is -2.04. The van der Waals surface area contributed by atoms with Gasteiger partial charge in [-0.2, -0.15) is 10.1 Å². The van der Waals surface area contributed by atoms with E-state index < -0.39 is 0 Å². The normalized spacial score (nSPS) is 10.2. The fourth-order valence-corrected chi connectivity index (χ4v) is 2.24. The van der Waals surface area contributed by atoms with Crippen LogP contribution in [0.2, 0.25) is 5.02 Å². The van der Waals surface area contributed by atoms with Crippen molar-refractivity contribution in [3.05, 3.63) is 59.1 Å². The summed E-state index contributed by atoms with van der Waals surface area (Å²) in [6, 6.07) is 15.7. The summed E-state index contributed by atoms with van der Waals surface area (Å²) in [7, 11) is 0. The van der Waals surface area contributed by atoms with Crippen LogP contribution in [0.25, 0.3) is 11.4 Å². The lowest BCUT2D eigenvalue weighted by Crippen LogP contribution is -2.20. The van der Waals surface area contributed by atoms with Gasteiger partial charge in [-0.1, -0.05) is 23.7 Å². The number of benzene rings is 2. The number of nitrogens with zero attached hydrogens (tertiary/aromatic N) is 5. The molecule has 0 aliphatic rings. The molecule has 0 fully saturated rings. The van der Waals surface area contributed by atoms with Gasteiger partial charge in [-0.15, -0.1) is 10.2 Å². The van der Waals surface area contributed by atoms with Gasteiger partial charge >= 0.3 is 0 Å². The van der Waals surface area contributed by atoms with Crippen LogP contribution < -0.4 is 5.32 Å². The molecule has 3 rings (SSSR count). The molecule has 0 saturated heterocycles. The third-order valence-electron chi connectivity index (χ3n) is 3.15. The first-order chi connectivity index (χ1) is 11.7. The average molecular weight is 339 g/mol. The summed E-state index contributed by atoms with van der Waals surface area (Å²) >= 11 is 6.09. The summed E-state index contributed by atoms with van der Waals surface area (Å²) in [4.78, 5) is 13.2. The smallest absolute Gasteiger partial charge is 0.248 e. The molecule has 0 spiro atoms. The number of carbonyl (C=O) groups is 1. The van der Waals surface area contributed by atoms with Gasteiger partial charge in [0.25, 0.3) is 0 Å². The fourth-order valence-electron chi connectivity index (χ4n) is 2.02. The number of anilines is 1. The van der Waals surface area contributed by atoms with Gasteiger partial charge in [0.15, 0.2) is 0 Å². The minimum atomic E-state index is -0.303. The maximum absolute atomic E-state index is 12.0. The van der Waals surface area contributed by atoms with E-state index >= 15 is 0 Å². The van der Waals surface area contributed by atoms with Crippen molar-refractivity contribution in [2.24, 2.45) is 0 Å². The van der Waals surface area contributed by atoms with E-state index in [9.17, 15) is 4.79 Å². The first-order valence-corrected chi connectivity index (χ1v) is 7.36. The molecule has 0 atom stereocenters. The minimum Gasteiger partial charge on any atom is -0.324 e. The van der Waals surface area contributed by atoms with Crippen molar-refractivity contribution < 1.29 is 4.79 Å². The van der Waals surface area contributed by atoms with Crippen LogP contribution in [0.1, 0.15) is 5.56 Å². The quantitative estimate of drug-likeness (QED) is 0.788. The van der Waals surface area contributed by atoms with Gasteiger partial charge < -0.3 is 5.32 Å². The van der Waals surface area contributed by atoms with E-state index in [4.69, 9.17) is 16.9 Å². The van der Waals surface area contributed by atoms with Crippen LogP contribution in [0.3, 0.4) is 0 Å². The van der Waals surface area contributed by atoms with Gasteiger partial charge in [0.1, 0.15) is 6.54 Å². The van der Waals surface area contributed by atoms with Crippen molar-refractivity contribution in [3.63, 3.8) is 0 Å². The van der Waals surface area contributed by atoms with E-state index in [1.165, 1.54) is 4.80 Å². The summed E-state index contributed by atoms with van der Waals surface area (Å²) in [5.74, 6) is 0.0505. The maximum atomic E-state index is 12.0. The molecule has 1 aromatic heterocycles. The van der Waals surface area contributed by atoms with Gasteiger partial charge in [0, 0.05) is 11.3 Å². The number of carbonyl (C=O) groups excluding carboxylic acids is 1. The Labute approximate surface area is 142 Å². The van der Waals surface area contributed by atoms with Crippen LogP contribution in [-0.2, 0) is 11.3 Å². The second kappa shape index (κ2) is 6.89. The minimum absolute atomic E-state index is 0.0859. The SMILES string of the molecule is N#Cc1ccc(NC(=O)Cn2nnc(-c3ccccc3Cl)n2)cc1. The highest BCUT2D eigenvalue weighted by molar-refractivity contribution is 6.33. The number of rotatable bonds is 4. The molecule has 118 valence electrons. The van der Waals surface area contributed by atoms with Crippen LogP contribution in [-0.4, -0.2) is 26.1 Å². The molecule has 3 aromatic rings. The Bertz CT molecular complexity index is 913. The van der Waals surface area contributed by atoms with Gasteiger partial charge in [-0.05, 0) is 41.6 Å². The molecule has 1 heterocycles. The number of halogens is 1. The van der Waals surface area contributed by atoms with Crippen molar-refractivity contribution in [1.82, 2.24) is 20.2 Å². The third kappa shape index (κ3) is 3.56. The molecule has 0 unspecified atom stereocenters. The van der Waals surface area contributed by atoms with Gasteiger partial charge in [0.2, 0.25) is 11.7 Å². The predicted molar refractivity (Wildman–Crippen MR) is 88.0 cm³/mol. The molecule has 0 radical (unpaired) electrons. The number of hydrogen-bond acceptors (Lipinski definition) is 5. The zero-order valence-corrected chi connectivity index (χ0v) is 13.1. The van der Waals surface area contributed by atoms with E-state index in [1.54, 1.807) is 42.5 Å². The summed E-state index contributed by atoms with van der Waals surface area (Å²) in [5.41, 5.74) is 1.76. The molecule has 0 aliphatic heterocycles. The Morgan fingerprint density at radius 2 is 1.96 bits per heavy atom. The first-order valence-electron chi connectivity index (χ1n) is 6.98. The van der Waals surface area contributed by atoms with Crippen molar-refractivity contribution in [3.8, 4) is 17.5 Å². The van der Waals surface area contributed by atoms with Gasteiger partial charge in [0.05, 0.1) is 16.7 Å². The van der Waals surface area contributed by atoms with E-state index in [0.29, 0.717) is 27.7 Å². The summed E-state index contributed by atoms with van der Waals surface area (Å²) < 4.78 is 0.